The lowest BCUT2D eigenvalue weighted by Crippen LogP contribution is -2.49. The van der Waals surface area contributed by atoms with Gasteiger partial charge in [-0.1, -0.05) is 30.3 Å². The van der Waals surface area contributed by atoms with Crippen molar-refractivity contribution in [2.75, 3.05) is 19.7 Å². The summed E-state index contributed by atoms with van der Waals surface area (Å²) in [6.07, 6.45) is 2.19. The quantitative estimate of drug-likeness (QED) is 0.712. The maximum Gasteiger partial charge on any atom is 0.409 e. The van der Waals surface area contributed by atoms with Gasteiger partial charge in [-0.15, -0.1) is 0 Å². The third kappa shape index (κ3) is 4.75. The summed E-state index contributed by atoms with van der Waals surface area (Å²) in [5, 5.41) is 4.46. The molecule has 0 spiro atoms. The Balaban J connectivity index is 1.48. The number of carbonyl (C=O) groups excluding carboxylic acids is 2. The third-order valence-corrected chi connectivity index (χ3v) is 6.48. The Bertz CT molecular complexity index is 918. The standard InChI is InChI=1S/C24H32N4O3/c1-4-31-24(30)27-12-10-19(11-13-27)28(16-20-14-17(2)25-26(20)3)23(29)22-15-21(22)18-8-6-5-7-9-18/h5-9,14,19,21-22H,4,10-13,15-16H2,1-3H3/t21-,22-/m0/s1. The van der Waals surface area contributed by atoms with E-state index in [9.17, 15) is 9.59 Å². The molecule has 166 valence electrons. The molecule has 1 aliphatic heterocycles. The molecular formula is C24H32N4O3. The second-order valence-corrected chi connectivity index (χ2v) is 8.64. The van der Waals surface area contributed by atoms with E-state index in [1.54, 1.807) is 4.90 Å². The second kappa shape index (κ2) is 9.12. The molecule has 2 amide bonds. The maximum atomic E-state index is 13.6. The predicted molar refractivity (Wildman–Crippen MR) is 117 cm³/mol. The third-order valence-electron chi connectivity index (χ3n) is 6.48. The number of ether oxygens (including phenoxy) is 1. The van der Waals surface area contributed by atoms with Crippen LogP contribution in [-0.4, -0.2) is 57.3 Å². The highest BCUT2D eigenvalue weighted by molar-refractivity contribution is 5.83. The first kappa shape index (κ1) is 21.4. The van der Waals surface area contributed by atoms with Gasteiger partial charge in [-0.25, -0.2) is 4.79 Å². The van der Waals surface area contributed by atoms with Crippen LogP contribution < -0.4 is 0 Å². The number of hydrogen-bond donors (Lipinski definition) is 0. The lowest BCUT2D eigenvalue weighted by molar-refractivity contribution is -0.136. The molecule has 1 saturated carbocycles. The lowest BCUT2D eigenvalue weighted by atomic mass is 10.0. The molecule has 2 aliphatic rings. The molecule has 2 heterocycles. The van der Waals surface area contributed by atoms with Crippen LogP contribution in [0.3, 0.4) is 0 Å². The van der Waals surface area contributed by atoms with Crippen LogP contribution in [0.25, 0.3) is 0 Å². The molecule has 7 heteroatoms. The summed E-state index contributed by atoms with van der Waals surface area (Å²) in [5.41, 5.74) is 3.24. The molecule has 0 bridgehead atoms. The van der Waals surface area contributed by atoms with Gasteiger partial charge in [0, 0.05) is 32.1 Å². The van der Waals surface area contributed by atoms with E-state index < -0.39 is 0 Å². The summed E-state index contributed by atoms with van der Waals surface area (Å²) in [7, 11) is 1.93. The van der Waals surface area contributed by atoms with Crippen molar-refractivity contribution < 1.29 is 14.3 Å². The number of amides is 2. The van der Waals surface area contributed by atoms with Crippen LogP contribution in [0.2, 0.25) is 0 Å². The minimum atomic E-state index is -0.257. The van der Waals surface area contributed by atoms with Gasteiger partial charge < -0.3 is 14.5 Å². The maximum absolute atomic E-state index is 13.6. The first-order chi connectivity index (χ1) is 15.0. The van der Waals surface area contributed by atoms with Crippen molar-refractivity contribution in [1.29, 1.82) is 0 Å². The van der Waals surface area contributed by atoms with Crippen molar-refractivity contribution in [2.24, 2.45) is 13.0 Å². The van der Waals surface area contributed by atoms with Crippen molar-refractivity contribution in [3.63, 3.8) is 0 Å². The molecule has 1 aliphatic carbocycles. The number of rotatable bonds is 6. The average molecular weight is 425 g/mol. The Hall–Kier alpha value is -2.83. The molecule has 4 rings (SSSR count). The number of aryl methyl sites for hydroxylation is 2. The molecule has 2 aromatic rings. The Morgan fingerprint density at radius 3 is 2.52 bits per heavy atom. The summed E-state index contributed by atoms with van der Waals surface area (Å²) in [6, 6.07) is 12.5. The fourth-order valence-electron chi connectivity index (χ4n) is 4.70. The summed E-state index contributed by atoms with van der Waals surface area (Å²) in [6.45, 7) is 5.96. The molecule has 1 aromatic heterocycles. The number of benzene rings is 1. The number of likely N-dealkylation sites (tertiary alicyclic amines) is 1. The van der Waals surface area contributed by atoms with Gasteiger partial charge in [-0.3, -0.25) is 9.48 Å². The van der Waals surface area contributed by atoms with Gasteiger partial charge in [0.25, 0.3) is 0 Å². The van der Waals surface area contributed by atoms with E-state index in [0.29, 0.717) is 32.2 Å². The van der Waals surface area contributed by atoms with E-state index in [-0.39, 0.29) is 24.0 Å². The van der Waals surface area contributed by atoms with E-state index in [1.165, 1.54) is 5.56 Å². The van der Waals surface area contributed by atoms with E-state index in [1.807, 2.05) is 48.7 Å². The highest BCUT2D eigenvalue weighted by Crippen LogP contribution is 2.49. The molecule has 1 saturated heterocycles. The van der Waals surface area contributed by atoms with Crippen molar-refractivity contribution in [1.82, 2.24) is 19.6 Å². The Morgan fingerprint density at radius 1 is 1.19 bits per heavy atom. The molecule has 0 N–H and O–H groups in total. The molecule has 0 unspecified atom stereocenters. The molecule has 1 aromatic carbocycles. The van der Waals surface area contributed by atoms with Crippen LogP contribution in [0.5, 0.6) is 0 Å². The highest BCUT2D eigenvalue weighted by Gasteiger charge is 2.47. The summed E-state index contributed by atoms with van der Waals surface area (Å²) >= 11 is 0. The monoisotopic (exact) mass is 424 g/mol. The molecular weight excluding hydrogens is 392 g/mol. The van der Waals surface area contributed by atoms with Crippen LogP contribution in [-0.2, 0) is 23.1 Å². The van der Waals surface area contributed by atoms with Gasteiger partial charge in [0.1, 0.15) is 0 Å². The van der Waals surface area contributed by atoms with Crippen molar-refractivity contribution >= 4 is 12.0 Å². The van der Waals surface area contributed by atoms with Crippen LogP contribution >= 0.6 is 0 Å². The zero-order valence-corrected chi connectivity index (χ0v) is 18.7. The smallest absolute Gasteiger partial charge is 0.409 e. The fraction of sp³-hybridized carbons (Fsp3) is 0.542. The largest absolute Gasteiger partial charge is 0.450 e. The molecule has 0 radical (unpaired) electrons. The highest BCUT2D eigenvalue weighted by atomic mass is 16.6. The predicted octanol–water partition coefficient (Wildman–Crippen LogP) is 3.48. The van der Waals surface area contributed by atoms with Crippen molar-refractivity contribution in [3.05, 3.63) is 53.3 Å². The zero-order valence-electron chi connectivity index (χ0n) is 18.7. The Labute approximate surface area is 184 Å². The molecule has 7 nitrogen and oxygen atoms in total. The molecule has 31 heavy (non-hydrogen) atoms. The topological polar surface area (TPSA) is 67.7 Å². The average Bonchev–Trinajstić information content (AvgIpc) is 3.51. The lowest BCUT2D eigenvalue weighted by Gasteiger charge is -2.38. The summed E-state index contributed by atoms with van der Waals surface area (Å²) < 4.78 is 7.01. The SMILES string of the molecule is CCOC(=O)N1CCC(N(Cc2cc(C)nn2C)C(=O)[C@H]2C[C@H]2c2ccccc2)CC1. The minimum absolute atomic E-state index is 0.0415. The van der Waals surface area contributed by atoms with Crippen LogP contribution in [0.4, 0.5) is 4.79 Å². The van der Waals surface area contributed by atoms with Gasteiger partial charge in [-0.05, 0) is 50.7 Å². The second-order valence-electron chi connectivity index (χ2n) is 8.64. The normalized spacial score (nSPS) is 21.1. The van der Waals surface area contributed by atoms with E-state index in [0.717, 1.165) is 30.7 Å². The Kier molecular flexibility index (Phi) is 6.30. The number of hydrogen-bond acceptors (Lipinski definition) is 4. The summed E-state index contributed by atoms with van der Waals surface area (Å²) in [5.74, 6) is 0.575. The minimum Gasteiger partial charge on any atom is -0.450 e. The number of aromatic nitrogens is 2. The van der Waals surface area contributed by atoms with E-state index in [2.05, 4.69) is 23.3 Å². The number of carbonyl (C=O) groups is 2. The van der Waals surface area contributed by atoms with Gasteiger partial charge >= 0.3 is 6.09 Å². The Morgan fingerprint density at radius 2 is 1.90 bits per heavy atom. The van der Waals surface area contributed by atoms with Crippen LogP contribution in [0.15, 0.2) is 36.4 Å². The van der Waals surface area contributed by atoms with Crippen LogP contribution in [0, 0.1) is 12.8 Å². The van der Waals surface area contributed by atoms with E-state index >= 15 is 0 Å². The zero-order chi connectivity index (χ0) is 22.0. The first-order valence-corrected chi connectivity index (χ1v) is 11.2. The summed E-state index contributed by atoms with van der Waals surface area (Å²) in [4.78, 5) is 29.5. The molecule has 2 atom stereocenters. The first-order valence-electron chi connectivity index (χ1n) is 11.2. The van der Waals surface area contributed by atoms with Gasteiger partial charge in [0.2, 0.25) is 5.91 Å². The van der Waals surface area contributed by atoms with E-state index in [4.69, 9.17) is 4.74 Å². The van der Waals surface area contributed by atoms with Crippen molar-refractivity contribution in [2.45, 2.75) is 51.6 Å². The van der Waals surface area contributed by atoms with Crippen LogP contribution in [0.1, 0.15) is 49.1 Å². The number of nitrogens with zero attached hydrogens (tertiary/aromatic N) is 4. The van der Waals surface area contributed by atoms with Gasteiger partial charge in [0.05, 0.1) is 24.5 Å². The number of piperidine rings is 1. The van der Waals surface area contributed by atoms with Gasteiger partial charge in [-0.2, -0.15) is 5.10 Å². The fourth-order valence-corrected chi connectivity index (χ4v) is 4.70. The van der Waals surface area contributed by atoms with Gasteiger partial charge in [0.15, 0.2) is 0 Å². The van der Waals surface area contributed by atoms with Crippen molar-refractivity contribution in [3.8, 4) is 0 Å². The molecule has 2 fully saturated rings.